The van der Waals surface area contributed by atoms with Gasteiger partial charge in [-0.15, -0.1) is 0 Å². The first-order valence-corrected chi connectivity index (χ1v) is 5.92. The number of aromatic nitrogens is 1. The van der Waals surface area contributed by atoms with E-state index in [2.05, 4.69) is 22.0 Å². The van der Waals surface area contributed by atoms with Gasteiger partial charge in [-0.1, -0.05) is 6.07 Å². The van der Waals surface area contributed by atoms with Crippen molar-refractivity contribution >= 4 is 0 Å². The van der Waals surface area contributed by atoms with Crippen LogP contribution in [-0.2, 0) is 6.54 Å². The molecule has 88 valence electrons. The molecule has 0 amide bonds. The Morgan fingerprint density at radius 1 is 1.38 bits per heavy atom. The third-order valence-corrected chi connectivity index (χ3v) is 3.26. The molecule has 0 radical (unpaired) electrons. The zero-order valence-corrected chi connectivity index (χ0v) is 10.1. The molecule has 1 aliphatic rings. The maximum atomic E-state index is 9.86. The standard InChI is InChI=1S/C13H20N2O/c1-11-4-3-5-12(14-11)10-15-8-6-13(2,16)7-9-15/h3-5,16H,6-10H2,1-2H3. The SMILES string of the molecule is Cc1cccc(CN2CCC(C)(O)CC2)n1. The number of hydrogen-bond acceptors (Lipinski definition) is 3. The van der Waals surface area contributed by atoms with E-state index in [1.54, 1.807) is 0 Å². The molecule has 0 aliphatic carbocycles. The average Bonchev–Trinajstić information content (AvgIpc) is 2.21. The number of likely N-dealkylation sites (tertiary alicyclic amines) is 1. The average molecular weight is 220 g/mol. The Kier molecular flexibility index (Phi) is 3.26. The van der Waals surface area contributed by atoms with Gasteiger partial charge in [-0.3, -0.25) is 9.88 Å². The Balaban J connectivity index is 1.92. The van der Waals surface area contributed by atoms with Crippen molar-refractivity contribution in [1.29, 1.82) is 0 Å². The Bertz CT molecular complexity index is 353. The van der Waals surface area contributed by atoms with E-state index in [1.807, 2.05) is 19.9 Å². The lowest BCUT2D eigenvalue weighted by molar-refractivity contribution is -0.00758. The lowest BCUT2D eigenvalue weighted by atomic mass is 9.94. The molecule has 1 fully saturated rings. The van der Waals surface area contributed by atoms with Gasteiger partial charge in [0.2, 0.25) is 0 Å². The first-order valence-electron chi connectivity index (χ1n) is 5.92. The lowest BCUT2D eigenvalue weighted by Crippen LogP contribution is -2.42. The van der Waals surface area contributed by atoms with Crippen LogP contribution in [0.2, 0.25) is 0 Å². The molecule has 0 unspecified atom stereocenters. The van der Waals surface area contributed by atoms with Gasteiger partial charge in [0.1, 0.15) is 0 Å². The van der Waals surface area contributed by atoms with Crippen molar-refractivity contribution in [2.75, 3.05) is 13.1 Å². The molecule has 1 aromatic heterocycles. The minimum absolute atomic E-state index is 0.462. The van der Waals surface area contributed by atoms with E-state index in [0.29, 0.717) is 0 Å². The monoisotopic (exact) mass is 220 g/mol. The highest BCUT2D eigenvalue weighted by Gasteiger charge is 2.27. The van der Waals surface area contributed by atoms with Crippen LogP contribution in [0.1, 0.15) is 31.2 Å². The normalized spacial score (nSPS) is 20.9. The summed E-state index contributed by atoms with van der Waals surface area (Å²) in [5.41, 5.74) is 1.74. The Morgan fingerprint density at radius 3 is 2.69 bits per heavy atom. The van der Waals surface area contributed by atoms with Crippen LogP contribution in [0.3, 0.4) is 0 Å². The van der Waals surface area contributed by atoms with Gasteiger partial charge < -0.3 is 5.11 Å². The molecule has 1 N–H and O–H groups in total. The highest BCUT2D eigenvalue weighted by atomic mass is 16.3. The van der Waals surface area contributed by atoms with E-state index in [4.69, 9.17) is 0 Å². The van der Waals surface area contributed by atoms with Crippen LogP contribution in [0, 0.1) is 6.92 Å². The molecule has 2 rings (SSSR count). The molecule has 0 atom stereocenters. The maximum Gasteiger partial charge on any atom is 0.0644 e. The van der Waals surface area contributed by atoms with Crippen molar-refractivity contribution in [3.05, 3.63) is 29.6 Å². The van der Waals surface area contributed by atoms with Gasteiger partial charge in [0.25, 0.3) is 0 Å². The quantitative estimate of drug-likeness (QED) is 0.824. The van der Waals surface area contributed by atoms with Gasteiger partial charge in [-0.05, 0) is 38.8 Å². The zero-order chi connectivity index (χ0) is 11.6. The van der Waals surface area contributed by atoms with Crippen LogP contribution in [0.25, 0.3) is 0 Å². The first kappa shape index (κ1) is 11.6. The molecule has 1 aromatic rings. The molecule has 3 nitrogen and oxygen atoms in total. The zero-order valence-electron chi connectivity index (χ0n) is 10.1. The van der Waals surface area contributed by atoms with Crippen molar-refractivity contribution in [1.82, 2.24) is 9.88 Å². The first-order chi connectivity index (χ1) is 7.55. The van der Waals surface area contributed by atoms with E-state index < -0.39 is 5.60 Å². The third-order valence-electron chi connectivity index (χ3n) is 3.26. The second-order valence-electron chi connectivity index (χ2n) is 5.04. The number of aryl methyl sites for hydroxylation is 1. The summed E-state index contributed by atoms with van der Waals surface area (Å²) < 4.78 is 0. The Labute approximate surface area is 97.1 Å². The fourth-order valence-electron chi connectivity index (χ4n) is 2.11. The molecule has 0 bridgehead atoms. The van der Waals surface area contributed by atoms with Gasteiger partial charge >= 0.3 is 0 Å². The summed E-state index contributed by atoms with van der Waals surface area (Å²) in [5, 5.41) is 9.86. The molecule has 0 spiro atoms. The van der Waals surface area contributed by atoms with E-state index >= 15 is 0 Å². The fourth-order valence-corrected chi connectivity index (χ4v) is 2.11. The molecule has 1 saturated heterocycles. The number of hydrogen-bond donors (Lipinski definition) is 1. The van der Waals surface area contributed by atoms with Crippen LogP contribution >= 0.6 is 0 Å². The Morgan fingerprint density at radius 2 is 2.06 bits per heavy atom. The molecular weight excluding hydrogens is 200 g/mol. The topological polar surface area (TPSA) is 36.4 Å². The molecule has 2 heterocycles. The highest BCUT2D eigenvalue weighted by Crippen LogP contribution is 2.21. The summed E-state index contributed by atoms with van der Waals surface area (Å²) in [6, 6.07) is 6.14. The third kappa shape index (κ3) is 3.03. The number of pyridine rings is 1. The van der Waals surface area contributed by atoms with Gasteiger partial charge in [-0.25, -0.2) is 0 Å². The van der Waals surface area contributed by atoms with Crippen molar-refractivity contribution in [3.63, 3.8) is 0 Å². The van der Waals surface area contributed by atoms with Crippen molar-refractivity contribution < 1.29 is 5.11 Å². The number of rotatable bonds is 2. The molecule has 0 aromatic carbocycles. The predicted octanol–water partition coefficient (Wildman–Crippen LogP) is 1.74. The highest BCUT2D eigenvalue weighted by molar-refractivity contribution is 5.09. The van der Waals surface area contributed by atoms with Crippen LogP contribution in [0.4, 0.5) is 0 Å². The minimum atomic E-state index is -0.462. The second kappa shape index (κ2) is 4.52. The van der Waals surface area contributed by atoms with Crippen LogP contribution in [0.5, 0.6) is 0 Å². The number of piperidine rings is 1. The Hall–Kier alpha value is -0.930. The largest absolute Gasteiger partial charge is 0.390 e. The lowest BCUT2D eigenvalue weighted by Gasteiger charge is -2.35. The van der Waals surface area contributed by atoms with Crippen molar-refractivity contribution in [2.24, 2.45) is 0 Å². The molecular formula is C13H20N2O. The number of nitrogens with zero attached hydrogens (tertiary/aromatic N) is 2. The van der Waals surface area contributed by atoms with Crippen LogP contribution < -0.4 is 0 Å². The fraction of sp³-hybridized carbons (Fsp3) is 0.615. The maximum absolute atomic E-state index is 9.86. The molecule has 3 heteroatoms. The molecule has 0 saturated carbocycles. The van der Waals surface area contributed by atoms with Crippen LogP contribution in [-0.4, -0.2) is 33.7 Å². The van der Waals surface area contributed by atoms with E-state index in [9.17, 15) is 5.11 Å². The summed E-state index contributed by atoms with van der Waals surface area (Å²) >= 11 is 0. The van der Waals surface area contributed by atoms with Crippen molar-refractivity contribution in [2.45, 2.75) is 38.8 Å². The summed E-state index contributed by atoms with van der Waals surface area (Å²) in [4.78, 5) is 6.86. The smallest absolute Gasteiger partial charge is 0.0644 e. The summed E-state index contributed by atoms with van der Waals surface area (Å²) in [6.07, 6.45) is 1.72. The van der Waals surface area contributed by atoms with E-state index in [-0.39, 0.29) is 0 Å². The van der Waals surface area contributed by atoms with Crippen LogP contribution in [0.15, 0.2) is 18.2 Å². The van der Waals surface area contributed by atoms with E-state index in [0.717, 1.165) is 43.9 Å². The van der Waals surface area contributed by atoms with Gasteiger partial charge in [0.15, 0.2) is 0 Å². The van der Waals surface area contributed by atoms with Gasteiger partial charge in [-0.2, -0.15) is 0 Å². The van der Waals surface area contributed by atoms with Gasteiger partial charge in [0, 0.05) is 25.3 Å². The molecule has 16 heavy (non-hydrogen) atoms. The second-order valence-corrected chi connectivity index (χ2v) is 5.04. The van der Waals surface area contributed by atoms with E-state index in [1.165, 1.54) is 0 Å². The predicted molar refractivity (Wildman–Crippen MR) is 64.1 cm³/mol. The molecule has 1 aliphatic heterocycles. The van der Waals surface area contributed by atoms with Crippen molar-refractivity contribution in [3.8, 4) is 0 Å². The minimum Gasteiger partial charge on any atom is -0.390 e. The summed E-state index contributed by atoms with van der Waals surface area (Å²) in [5.74, 6) is 0. The summed E-state index contributed by atoms with van der Waals surface area (Å²) in [6.45, 7) is 6.77. The number of aliphatic hydroxyl groups is 1. The summed E-state index contributed by atoms with van der Waals surface area (Å²) in [7, 11) is 0. The van der Waals surface area contributed by atoms with Gasteiger partial charge in [0.05, 0.1) is 11.3 Å².